The average Bonchev–Trinajstić information content (AvgIpc) is 3.16. The molecule has 3 heterocycles. The summed E-state index contributed by atoms with van der Waals surface area (Å²) in [5, 5.41) is 4.69. The first-order valence-corrected chi connectivity index (χ1v) is 9.50. The second-order valence-corrected chi connectivity index (χ2v) is 5.94. The summed E-state index contributed by atoms with van der Waals surface area (Å²) in [7, 11) is 4.02. The van der Waals surface area contributed by atoms with E-state index in [1.54, 1.807) is 6.07 Å². The molecule has 0 saturated carbocycles. The molecule has 142 valence electrons. The summed E-state index contributed by atoms with van der Waals surface area (Å²) in [6.07, 6.45) is 1.09. The van der Waals surface area contributed by atoms with Crippen LogP contribution in [0.15, 0.2) is 24.3 Å². The molecule has 0 unspecified atom stereocenters. The van der Waals surface area contributed by atoms with Gasteiger partial charge >= 0.3 is 0 Å². The van der Waals surface area contributed by atoms with Gasteiger partial charge in [0.05, 0.1) is 11.2 Å². The highest BCUT2D eigenvalue weighted by atomic mass is 19.1. The Hall–Kier alpha value is -2.21. The van der Waals surface area contributed by atoms with E-state index in [1.165, 1.54) is 11.8 Å². The highest BCUT2D eigenvalue weighted by Crippen LogP contribution is 2.26. The van der Waals surface area contributed by atoms with Gasteiger partial charge in [-0.2, -0.15) is 5.10 Å². The number of halogens is 1. The predicted octanol–water partition coefficient (Wildman–Crippen LogP) is 4.46. The Labute approximate surface area is 155 Å². The van der Waals surface area contributed by atoms with Crippen LogP contribution in [0.1, 0.15) is 39.8 Å². The van der Waals surface area contributed by atoms with Crippen LogP contribution < -0.4 is 0 Å². The third-order valence-electron chi connectivity index (χ3n) is 4.30. The molecule has 1 aliphatic rings. The Morgan fingerprint density at radius 1 is 1.04 bits per heavy atom. The fourth-order valence-electron chi connectivity index (χ4n) is 3.14. The Kier molecular flexibility index (Phi) is 6.91. The van der Waals surface area contributed by atoms with Crippen molar-refractivity contribution in [3.05, 3.63) is 35.8 Å². The Balaban J connectivity index is 0.000000570. The van der Waals surface area contributed by atoms with Crippen molar-refractivity contribution < 1.29 is 4.39 Å². The van der Waals surface area contributed by atoms with Crippen LogP contribution >= 0.6 is 0 Å². The van der Waals surface area contributed by atoms with Crippen molar-refractivity contribution in [2.24, 2.45) is 7.05 Å². The van der Waals surface area contributed by atoms with Crippen LogP contribution in [0.25, 0.3) is 22.6 Å². The van der Waals surface area contributed by atoms with Crippen molar-refractivity contribution in [3.63, 3.8) is 0 Å². The van der Waals surface area contributed by atoms with E-state index in [4.69, 9.17) is 0 Å². The fraction of sp³-hybridized carbons (Fsp3) is 0.500. The summed E-state index contributed by atoms with van der Waals surface area (Å²) in [6, 6.07) is 7.10. The number of aromatic nitrogens is 4. The van der Waals surface area contributed by atoms with Gasteiger partial charge in [0.2, 0.25) is 0 Å². The SMILES string of the molecule is CC.CC.CN1CCCn2nc(-c3nc4c(F)cccc4n3C)cc2C1. The fourth-order valence-corrected chi connectivity index (χ4v) is 3.14. The molecule has 3 aromatic rings. The smallest absolute Gasteiger partial charge is 0.161 e. The highest BCUT2D eigenvalue weighted by Gasteiger charge is 2.19. The molecule has 0 fully saturated rings. The Morgan fingerprint density at radius 3 is 2.46 bits per heavy atom. The zero-order valence-corrected chi connectivity index (χ0v) is 16.8. The van der Waals surface area contributed by atoms with E-state index in [0.29, 0.717) is 11.3 Å². The number of aryl methyl sites for hydroxylation is 2. The number of benzene rings is 1. The van der Waals surface area contributed by atoms with Crippen molar-refractivity contribution in [3.8, 4) is 11.5 Å². The highest BCUT2D eigenvalue weighted by molar-refractivity contribution is 5.80. The minimum absolute atomic E-state index is 0.292. The number of fused-ring (bicyclic) bond motifs is 2. The largest absolute Gasteiger partial charge is 0.326 e. The van der Waals surface area contributed by atoms with E-state index in [9.17, 15) is 4.39 Å². The first-order valence-electron chi connectivity index (χ1n) is 9.50. The van der Waals surface area contributed by atoms with Crippen LogP contribution in [0.5, 0.6) is 0 Å². The molecule has 0 N–H and O–H groups in total. The maximum Gasteiger partial charge on any atom is 0.161 e. The number of rotatable bonds is 1. The lowest BCUT2D eigenvalue weighted by atomic mass is 10.3. The minimum atomic E-state index is -0.292. The van der Waals surface area contributed by atoms with Gasteiger partial charge in [0.15, 0.2) is 11.6 Å². The van der Waals surface area contributed by atoms with Gasteiger partial charge in [0.25, 0.3) is 0 Å². The van der Waals surface area contributed by atoms with Gasteiger partial charge in [0, 0.05) is 26.7 Å². The molecule has 0 bridgehead atoms. The van der Waals surface area contributed by atoms with Crippen LogP contribution in [-0.2, 0) is 20.1 Å². The molecule has 0 saturated heterocycles. The molecule has 0 radical (unpaired) electrons. The van der Waals surface area contributed by atoms with Gasteiger partial charge in [0.1, 0.15) is 11.2 Å². The average molecular weight is 359 g/mol. The summed E-state index contributed by atoms with van der Waals surface area (Å²) in [5.41, 5.74) is 3.18. The second kappa shape index (κ2) is 8.94. The van der Waals surface area contributed by atoms with Crippen LogP contribution in [0, 0.1) is 5.82 Å². The molecule has 0 spiro atoms. The predicted molar refractivity (Wildman–Crippen MR) is 106 cm³/mol. The number of hydrogen-bond donors (Lipinski definition) is 0. The maximum absolute atomic E-state index is 13.9. The Morgan fingerprint density at radius 2 is 1.77 bits per heavy atom. The summed E-state index contributed by atoms with van der Waals surface area (Å²) in [4.78, 5) is 6.76. The number of imidazole rings is 1. The lowest BCUT2D eigenvalue weighted by Crippen LogP contribution is -2.16. The van der Waals surface area contributed by atoms with E-state index in [0.717, 1.165) is 37.3 Å². The van der Waals surface area contributed by atoms with Gasteiger partial charge < -0.3 is 9.47 Å². The zero-order valence-electron chi connectivity index (χ0n) is 16.8. The summed E-state index contributed by atoms with van der Waals surface area (Å²) >= 11 is 0. The van der Waals surface area contributed by atoms with E-state index in [-0.39, 0.29) is 5.82 Å². The molecule has 26 heavy (non-hydrogen) atoms. The molecule has 6 heteroatoms. The Bertz CT molecular complexity index is 849. The first kappa shape index (κ1) is 20.1. The molecule has 0 amide bonds. The van der Waals surface area contributed by atoms with Gasteiger partial charge in [-0.3, -0.25) is 4.68 Å². The van der Waals surface area contributed by atoms with E-state index < -0.39 is 0 Å². The third kappa shape index (κ3) is 3.80. The number of para-hydroxylation sites is 1. The second-order valence-electron chi connectivity index (χ2n) is 5.94. The quantitative estimate of drug-likeness (QED) is 0.644. The molecular formula is C20H30FN5. The number of hydrogen-bond acceptors (Lipinski definition) is 3. The molecule has 1 aromatic carbocycles. The molecule has 2 aromatic heterocycles. The number of nitrogens with zero attached hydrogens (tertiary/aromatic N) is 5. The van der Waals surface area contributed by atoms with Crippen molar-refractivity contribution in [2.45, 2.75) is 47.2 Å². The van der Waals surface area contributed by atoms with Crippen molar-refractivity contribution in [1.29, 1.82) is 0 Å². The zero-order chi connectivity index (χ0) is 19.3. The maximum atomic E-state index is 13.9. The topological polar surface area (TPSA) is 38.9 Å². The first-order chi connectivity index (χ1) is 12.6. The van der Waals surface area contributed by atoms with Crippen LogP contribution in [0.2, 0.25) is 0 Å². The third-order valence-corrected chi connectivity index (χ3v) is 4.30. The van der Waals surface area contributed by atoms with E-state index in [1.807, 2.05) is 45.4 Å². The molecule has 0 aliphatic carbocycles. The summed E-state index contributed by atoms with van der Waals surface area (Å²) in [5.74, 6) is 0.420. The molecular weight excluding hydrogens is 329 g/mol. The minimum Gasteiger partial charge on any atom is -0.326 e. The normalized spacial score (nSPS) is 14.0. The van der Waals surface area contributed by atoms with Crippen molar-refractivity contribution >= 4 is 11.0 Å². The monoisotopic (exact) mass is 359 g/mol. The van der Waals surface area contributed by atoms with E-state index in [2.05, 4.69) is 32.8 Å². The van der Waals surface area contributed by atoms with Crippen LogP contribution in [0.3, 0.4) is 0 Å². The summed E-state index contributed by atoms with van der Waals surface area (Å²) in [6.45, 7) is 10.9. The standard InChI is InChI=1S/C16H18FN5.2C2H6/c1-20-7-4-8-22-11(10-20)9-13(19-22)16-18-15-12(17)5-3-6-14(15)21(16)2;2*1-2/h3,5-6,9H,4,7-8,10H2,1-2H3;2*1-2H3. The van der Waals surface area contributed by atoms with Crippen LogP contribution in [-0.4, -0.2) is 37.8 Å². The van der Waals surface area contributed by atoms with Gasteiger partial charge in [-0.15, -0.1) is 0 Å². The molecule has 5 nitrogen and oxygen atoms in total. The van der Waals surface area contributed by atoms with Crippen molar-refractivity contribution in [1.82, 2.24) is 24.2 Å². The van der Waals surface area contributed by atoms with E-state index >= 15 is 0 Å². The summed E-state index contributed by atoms with van der Waals surface area (Å²) < 4.78 is 17.9. The van der Waals surface area contributed by atoms with Crippen molar-refractivity contribution in [2.75, 3.05) is 13.6 Å². The lowest BCUT2D eigenvalue weighted by Gasteiger charge is -2.10. The van der Waals surface area contributed by atoms with Gasteiger partial charge in [-0.25, -0.2) is 9.37 Å². The van der Waals surface area contributed by atoms with Gasteiger partial charge in [-0.05, 0) is 31.7 Å². The molecule has 4 rings (SSSR count). The van der Waals surface area contributed by atoms with Crippen LogP contribution in [0.4, 0.5) is 4.39 Å². The van der Waals surface area contributed by atoms with Gasteiger partial charge in [-0.1, -0.05) is 33.8 Å². The lowest BCUT2D eigenvalue weighted by molar-refractivity contribution is 0.332. The molecule has 1 aliphatic heterocycles. The molecule has 0 atom stereocenters.